The van der Waals surface area contributed by atoms with Crippen LogP contribution in [-0.4, -0.2) is 17.1 Å². The van der Waals surface area contributed by atoms with Crippen molar-refractivity contribution in [2.75, 3.05) is 4.90 Å². The first-order chi connectivity index (χ1) is 16.4. The summed E-state index contributed by atoms with van der Waals surface area (Å²) in [6.45, 7) is 2.06. The normalized spacial score (nSPS) is 16.9. The van der Waals surface area contributed by atoms with Crippen molar-refractivity contribution in [3.63, 3.8) is 0 Å². The zero-order valence-electron chi connectivity index (χ0n) is 18.0. The average Bonchev–Trinajstić information content (AvgIpc) is 3.44. The molecule has 2 aromatic carbocycles. The first-order valence-corrected chi connectivity index (χ1v) is 12.0. The third-order valence-corrected chi connectivity index (χ3v) is 7.07. The highest BCUT2D eigenvalue weighted by atomic mass is 35.5. The second kappa shape index (κ2) is 10.4. The predicted molar refractivity (Wildman–Crippen MR) is 133 cm³/mol. The predicted octanol–water partition coefficient (Wildman–Crippen LogP) is 5.64. The first-order valence-electron chi connectivity index (χ1n) is 10.3. The molecule has 0 spiro atoms. The maximum absolute atomic E-state index is 13.5. The van der Waals surface area contributed by atoms with E-state index in [0.717, 1.165) is 11.1 Å². The Morgan fingerprint density at radius 3 is 2.62 bits per heavy atom. The van der Waals surface area contributed by atoms with Crippen LogP contribution < -0.4 is 10.2 Å². The summed E-state index contributed by atoms with van der Waals surface area (Å²) in [6.07, 6.45) is 1.82. The fourth-order valence-corrected chi connectivity index (χ4v) is 5.25. The molecular weight excluding hydrogens is 493 g/mol. The lowest BCUT2D eigenvalue weighted by Crippen LogP contribution is -2.32. The SMILES string of the molecule is Cc1ccc(N2C(=O)C(Cc3ccc(Cl)cc3Cl)S/C2=C(/C#N)C(=O)NCc2ccco2)cc1. The fourth-order valence-electron chi connectivity index (χ4n) is 3.47. The molecule has 1 atom stereocenters. The van der Waals surface area contributed by atoms with Crippen molar-refractivity contribution in [1.82, 2.24) is 5.32 Å². The van der Waals surface area contributed by atoms with Crippen LogP contribution in [0.25, 0.3) is 0 Å². The standard InChI is InChI=1S/C25H19Cl2N3O3S/c1-15-4-8-18(9-5-15)30-24(32)22(11-16-6-7-17(26)12-21(16)27)34-25(30)20(13-28)23(31)29-14-19-3-2-10-33-19/h2-10,12,22H,11,14H2,1H3,(H,29,31)/b25-20-. The quantitative estimate of drug-likeness (QED) is 0.342. The van der Waals surface area contributed by atoms with Gasteiger partial charge in [-0.2, -0.15) is 5.26 Å². The van der Waals surface area contributed by atoms with E-state index in [0.29, 0.717) is 27.9 Å². The number of carbonyl (C=O) groups is 2. The molecule has 0 saturated carbocycles. The van der Waals surface area contributed by atoms with E-state index in [-0.39, 0.29) is 23.1 Å². The summed E-state index contributed by atoms with van der Waals surface area (Å²) >= 11 is 13.5. The lowest BCUT2D eigenvalue weighted by atomic mass is 10.1. The van der Waals surface area contributed by atoms with E-state index < -0.39 is 11.2 Å². The van der Waals surface area contributed by atoms with Crippen LogP contribution in [-0.2, 0) is 22.6 Å². The average molecular weight is 512 g/mol. The van der Waals surface area contributed by atoms with Crippen molar-refractivity contribution in [2.24, 2.45) is 0 Å². The molecular formula is C25H19Cl2N3O3S. The number of hydrogen-bond donors (Lipinski definition) is 1. The van der Waals surface area contributed by atoms with Gasteiger partial charge in [0, 0.05) is 15.7 Å². The Bertz CT molecular complexity index is 1300. The molecule has 172 valence electrons. The van der Waals surface area contributed by atoms with E-state index in [4.69, 9.17) is 27.6 Å². The van der Waals surface area contributed by atoms with Gasteiger partial charge in [0.25, 0.3) is 5.91 Å². The van der Waals surface area contributed by atoms with Crippen LogP contribution in [0.5, 0.6) is 0 Å². The molecule has 4 rings (SSSR count). The van der Waals surface area contributed by atoms with E-state index >= 15 is 0 Å². The van der Waals surface area contributed by atoms with Gasteiger partial charge < -0.3 is 9.73 Å². The number of halogens is 2. The van der Waals surface area contributed by atoms with Gasteiger partial charge in [-0.25, -0.2) is 0 Å². The van der Waals surface area contributed by atoms with Crippen LogP contribution in [0.15, 0.2) is 75.9 Å². The molecule has 0 bridgehead atoms. The molecule has 2 amide bonds. The molecule has 1 N–H and O–H groups in total. The number of furan rings is 1. The number of hydrogen-bond acceptors (Lipinski definition) is 5. The molecule has 6 nitrogen and oxygen atoms in total. The van der Waals surface area contributed by atoms with Crippen LogP contribution in [0.1, 0.15) is 16.9 Å². The Morgan fingerprint density at radius 1 is 1.21 bits per heavy atom. The number of thioether (sulfide) groups is 1. The summed E-state index contributed by atoms with van der Waals surface area (Å²) in [5, 5.41) is 13.2. The minimum atomic E-state index is -0.587. The Balaban J connectivity index is 1.69. The van der Waals surface area contributed by atoms with Gasteiger partial charge in [0.05, 0.1) is 18.1 Å². The van der Waals surface area contributed by atoms with Crippen LogP contribution in [0.3, 0.4) is 0 Å². The largest absolute Gasteiger partial charge is 0.467 e. The van der Waals surface area contributed by atoms with Crippen LogP contribution in [0.2, 0.25) is 10.0 Å². The molecule has 3 aromatic rings. The maximum Gasteiger partial charge on any atom is 0.265 e. The van der Waals surface area contributed by atoms with Crippen molar-refractivity contribution < 1.29 is 14.0 Å². The molecule has 1 unspecified atom stereocenters. The first kappa shape index (κ1) is 24.0. The topological polar surface area (TPSA) is 86.3 Å². The van der Waals surface area contributed by atoms with E-state index in [1.807, 2.05) is 25.1 Å². The minimum absolute atomic E-state index is 0.122. The van der Waals surface area contributed by atoms with Gasteiger partial charge >= 0.3 is 0 Å². The van der Waals surface area contributed by atoms with Crippen molar-refractivity contribution in [1.29, 1.82) is 5.26 Å². The molecule has 1 aromatic heterocycles. The van der Waals surface area contributed by atoms with Crippen molar-refractivity contribution in [3.05, 3.63) is 98.4 Å². The molecule has 1 aliphatic heterocycles. The van der Waals surface area contributed by atoms with E-state index in [1.54, 1.807) is 42.5 Å². The van der Waals surface area contributed by atoms with E-state index in [2.05, 4.69) is 5.32 Å². The Morgan fingerprint density at radius 2 is 1.97 bits per heavy atom. The minimum Gasteiger partial charge on any atom is -0.467 e. The maximum atomic E-state index is 13.5. The monoisotopic (exact) mass is 511 g/mol. The lowest BCUT2D eigenvalue weighted by Gasteiger charge is -2.19. The molecule has 34 heavy (non-hydrogen) atoms. The van der Waals surface area contributed by atoms with Crippen molar-refractivity contribution >= 4 is 52.5 Å². The number of aryl methyl sites for hydroxylation is 1. The number of nitriles is 1. The van der Waals surface area contributed by atoms with Gasteiger partial charge in [0.1, 0.15) is 22.4 Å². The summed E-state index contributed by atoms with van der Waals surface area (Å²) in [4.78, 5) is 27.9. The molecule has 1 aliphatic rings. The second-order valence-corrected chi connectivity index (χ2v) is 9.64. The van der Waals surface area contributed by atoms with Crippen LogP contribution in [0, 0.1) is 18.3 Å². The van der Waals surface area contributed by atoms with Crippen LogP contribution in [0.4, 0.5) is 5.69 Å². The third kappa shape index (κ3) is 5.15. The number of amides is 2. The number of benzene rings is 2. The molecule has 0 aliphatic carbocycles. The Labute approximate surface area is 211 Å². The number of carbonyl (C=O) groups excluding carboxylic acids is 2. The highest BCUT2D eigenvalue weighted by molar-refractivity contribution is 8.05. The smallest absolute Gasteiger partial charge is 0.265 e. The van der Waals surface area contributed by atoms with Gasteiger partial charge in [0.2, 0.25) is 5.91 Å². The molecule has 0 radical (unpaired) electrons. The van der Waals surface area contributed by atoms with Crippen molar-refractivity contribution in [3.8, 4) is 6.07 Å². The molecule has 1 fully saturated rings. The van der Waals surface area contributed by atoms with Crippen LogP contribution >= 0.6 is 35.0 Å². The molecule has 1 saturated heterocycles. The second-order valence-electron chi connectivity index (χ2n) is 7.61. The van der Waals surface area contributed by atoms with Gasteiger partial charge in [-0.05, 0) is 55.3 Å². The van der Waals surface area contributed by atoms with Gasteiger partial charge in [0.15, 0.2) is 0 Å². The number of anilines is 1. The number of nitrogens with zero attached hydrogens (tertiary/aromatic N) is 2. The van der Waals surface area contributed by atoms with Crippen molar-refractivity contribution in [2.45, 2.75) is 25.1 Å². The van der Waals surface area contributed by atoms with E-state index in [9.17, 15) is 14.9 Å². The molecule has 9 heteroatoms. The molecule has 2 heterocycles. The highest BCUT2D eigenvalue weighted by Crippen LogP contribution is 2.42. The Kier molecular flexibility index (Phi) is 7.32. The number of rotatable bonds is 6. The summed E-state index contributed by atoms with van der Waals surface area (Å²) in [6, 6.07) is 17.9. The zero-order valence-corrected chi connectivity index (χ0v) is 20.4. The summed E-state index contributed by atoms with van der Waals surface area (Å²) in [5.74, 6) is -0.269. The van der Waals surface area contributed by atoms with Gasteiger partial charge in [-0.3, -0.25) is 14.5 Å². The lowest BCUT2D eigenvalue weighted by molar-refractivity contribution is -0.117. The summed E-state index contributed by atoms with van der Waals surface area (Å²) in [7, 11) is 0. The van der Waals surface area contributed by atoms with E-state index in [1.165, 1.54) is 22.9 Å². The number of nitrogens with one attached hydrogen (secondary N) is 1. The summed E-state index contributed by atoms with van der Waals surface area (Å²) < 4.78 is 5.24. The fraction of sp³-hybridized carbons (Fsp3) is 0.160. The third-order valence-electron chi connectivity index (χ3n) is 5.22. The van der Waals surface area contributed by atoms with Gasteiger partial charge in [-0.1, -0.05) is 58.7 Å². The zero-order chi connectivity index (χ0) is 24.2. The van der Waals surface area contributed by atoms with Gasteiger partial charge in [-0.15, -0.1) is 0 Å². The Hall–Kier alpha value is -3.18. The summed E-state index contributed by atoms with van der Waals surface area (Å²) in [5.41, 5.74) is 2.21. The highest BCUT2D eigenvalue weighted by Gasteiger charge is 2.41.